The molecule has 0 aromatic heterocycles. The van der Waals surface area contributed by atoms with Crippen LogP contribution in [0.5, 0.6) is 0 Å². The first-order chi connectivity index (χ1) is 7.49. The summed E-state index contributed by atoms with van der Waals surface area (Å²) in [5.41, 5.74) is 0. The van der Waals surface area contributed by atoms with Gasteiger partial charge in [0.1, 0.15) is 0 Å². The van der Waals surface area contributed by atoms with Crippen LogP contribution in [0.1, 0.15) is 19.3 Å². The van der Waals surface area contributed by atoms with Crippen LogP contribution in [-0.4, -0.2) is 28.6 Å². The van der Waals surface area contributed by atoms with Crippen LogP contribution in [0.15, 0.2) is 0 Å². The Morgan fingerprint density at radius 1 is 0.765 bits per heavy atom. The van der Waals surface area contributed by atoms with Crippen molar-refractivity contribution in [2.75, 3.05) is 0 Å². The topological polar surface area (TPSA) is 52.6 Å². The molecule has 0 N–H and O–H groups in total. The van der Waals surface area contributed by atoms with E-state index in [1.165, 1.54) is 0 Å². The maximum atomic E-state index is 11.4. The predicted molar refractivity (Wildman–Crippen MR) is 72.7 cm³/mol. The molecule has 0 aliphatic rings. The monoisotopic (exact) mass is 276 g/mol. The third-order valence-electron chi connectivity index (χ3n) is 1.60. The maximum absolute atomic E-state index is 11.4. The molecule has 0 fully saturated rings. The molecule has 0 saturated carbocycles. The van der Waals surface area contributed by atoms with Crippen molar-refractivity contribution >= 4 is 28.6 Å². The summed E-state index contributed by atoms with van der Waals surface area (Å²) < 4.78 is 10.6. The molecular weight excluding hydrogens is 252 g/mol. The molecule has 0 radical (unpaired) electrons. The number of carbonyl (C=O) groups is 2. The van der Waals surface area contributed by atoms with Crippen molar-refractivity contribution < 1.29 is 18.4 Å². The zero-order chi connectivity index (χ0) is 13.7. The van der Waals surface area contributed by atoms with Gasteiger partial charge in [-0.1, -0.05) is 0 Å². The minimum absolute atomic E-state index is 0.204. The zero-order valence-electron chi connectivity index (χ0n) is 11.8. The molecule has 0 bridgehead atoms. The Hall–Kier alpha value is -0.626. The first-order valence-corrected chi connectivity index (χ1v) is 12.7. The fourth-order valence-electron chi connectivity index (χ4n) is 1.16. The lowest BCUT2D eigenvalue weighted by molar-refractivity contribution is -0.136. The molecule has 0 rings (SSSR count). The molecular formula is C11H24O4Si2. The van der Waals surface area contributed by atoms with Gasteiger partial charge in [-0.05, 0) is 45.7 Å². The second kappa shape index (κ2) is 6.35. The molecule has 0 aromatic carbocycles. The van der Waals surface area contributed by atoms with Crippen LogP contribution in [0, 0.1) is 0 Å². The largest absolute Gasteiger partial charge is 0.520 e. The summed E-state index contributed by atoms with van der Waals surface area (Å²) in [6.45, 7) is 11.8. The average molecular weight is 276 g/mol. The molecule has 100 valence electrons. The minimum atomic E-state index is -1.79. The van der Waals surface area contributed by atoms with Gasteiger partial charge in [0.05, 0.1) is 0 Å². The second-order valence-electron chi connectivity index (χ2n) is 6.03. The summed E-state index contributed by atoms with van der Waals surface area (Å²) in [4.78, 5) is 22.8. The van der Waals surface area contributed by atoms with Crippen molar-refractivity contribution in [3.8, 4) is 0 Å². The van der Waals surface area contributed by atoms with Crippen LogP contribution >= 0.6 is 0 Å². The molecule has 0 spiro atoms. The molecule has 6 heteroatoms. The Morgan fingerprint density at radius 2 is 1.06 bits per heavy atom. The van der Waals surface area contributed by atoms with Gasteiger partial charge >= 0.3 is 0 Å². The van der Waals surface area contributed by atoms with Gasteiger partial charge in [-0.15, -0.1) is 0 Å². The van der Waals surface area contributed by atoms with Gasteiger partial charge in [-0.2, -0.15) is 0 Å². The van der Waals surface area contributed by atoms with E-state index in [1.807, 2.05) is 39.3 Å². The van der Waals surface area contributed by atoms with Crippen molar-refractivity contribution in [2.24, 2.45) is 0 Å². The Kier molecular flexibility index (Phi) is 6.11. The van der Waals surface area contributed by atoms with Gasteiger partial charge in [0.15, 0.2) is 0 Å². The lowest BCUT2D eigenvalue weighted by atomic mass is 10.2. The lowest BCUT2D eigenvalue weighted by Crippen LogP contribution is -2.30. The molecule has 17 heavy (non-hydrogen) atoms. The van der Waals surface area contributed by atoms with E-state index in [0.29, 0.717) is 19.3 Å². The van der Waals surface area contributed by atoms with E-state index in [1.54, 1.807) is 0 Å². The van der Waals surface area contributed by atoms with E-state index in [0.717, 1.165) is 0 Å². The molecule has 0 saturated heterocycles. The van der Waals surface area contributed by atoms with Crippen LogP contribution in [-0.2, 0) is 18.4 Å². The fourth-order valence-corrected chi connectivity index (χ4v) is 2.73. The van der Waals surface area contributed by atoms with Gasteiger partial charge in [-0.25, -0.2) is 0 Å². The molecule has 0 amide bonds. The van der Waals surface area contributed by atoms with Gasteiger partial charge in [0.2, 0.25) is 16.6 Å². The van der Waals surface area contributed by atoms with Crippen LogP contribution in [0.3, 0.4) is 0 Å². The normalized spacial score (nSPS) is 12.1. The molecule has 0 atom stereocenters. The second-order valence-corrected chi connectivity index (χ2v) is 14.9. The molecule has 0 aromatic rings. The maximum Gasteiger partial charge on any atom is 0.292 e. The minimum Gasteiger partial charge on any atom is -0.520 e. The van der Waals surface area contributed by atoms with E-state index in [9.17, 15) is 9.59 Å². The average Bonchev–Trinajstić information content (AvgIpc) is 1.95. The molecule has 0 aliphatic heterocycles. The van der Waals surface area contributed by atoms with Gasteiger partial charge in [0, 0.05) is 12.8 Å². The molecule has 0 unspecified atom stereocenters. The predicted octanol–water partition coefficient (Wildman–Crippen LogP) is 2.91. The number of rotatable bonds is 6. The van der Waals surface area contributed by atoms with Crippen molar-refractivity contribution in [3.63, 3.8) is 0 Å². The van der Waals surface area contributed by atoms with Gasteiger partial charge in [0.25, 0.3) is 11.9 Å². The summed E-state index contributed by atoms with van der Waals surface area (Å²) >= 11 is 0. The standard InChI is InChI=1S/C11H24O4Si2/c1-16(2,3)14-10(12)8-7-9-11(13)15-17(4,5)6/h7-9H2,1-6H3. The third-order valence-corrected chi connectivity index (χ3v) is 3.28. The van der Waals surface area contributed by atoms with E-state index in [4.69, 9.17) is 8.85 Å². The summed E-state index contributed by atoms with van der Waals surface area (Å²) in [6.07, 6.45) is 1.10. The molecule has 4 nitrogen and oxygen atoms in total. The summed E-state index contributed by atoms with van der Waals surface area (Å²) in [5.74, 6) is -0.407. The first kappa shape index (κ1) is 16.4. The highest BCUT2D eigenvalue weighted by Gasteiger charge is 2.21. The fraction of sp³-hybridized carbons (Fsp3) is 0.818. The lowest BCUT2D eigenvalue weighted by Gasteiger charge is -2.18. The van der Waals surface area contributed by atoms with Crippen molar-refractivity contribution in [1.29, 1.82) is 0 Å². The van der Waals surface area contributed by atoms with Gasteiger partial charge < -0.3 is 8.85 Å². The highest BCUT2D eigenvalue weighted by Crippen LogP contribution is 2.09. The Morgan fingerprint density at radius 3 is 1.29 bits per heavy atom. The van der Waals surface area contributed by atoms with E-state index >= 15 is 0 Å². The van der Waals surface area contributed by atoms with Crippen LogP contribution in [0.25, 0.3) is 0 Å². The van der Waals surface area contributed by atoms with Crippen molar-refractivity contribution in [3.05, 3.63) is 0 Å². The van der Waals surface area contributed by atoms with Crippen LogP contribution in [0.4, 0.5) is 0 Å². The quantitative estimate of drug-likeness (QED) is 0.700. The molecule has 0 aliphatic carbocycles. The van der Waals surface area contributed by atoms with Crippen molar-refractivity contribution in [2.45, 2.75) is 58.5 Å². The molecule has 0 heterocycles. The smallest absolute Gasteiger partial charge is 0.292 e. The van der Waals surface area contributed by atoms with E-state index < -0.39 is 16.6 Å². The summed E-state index contributed by atoms with van der Waals surface area (Å²) in [6, 6.07) is 0. The Labute approximate surface area is 106 Å². The van der Waals surface area contributed by atoms with Gasteiger partial charge in [-0.3, -0.25) is 9.59 Å². The van der Waals surface area contributed by atoms with Crippen LogP contribution < -0.4 is 0 Å². The number of carbonyl (C=O) groups excluding carboxylic acids is 2. The van der Waals surface area contributed by atoms with E-state index in [-0.39, 0.29) is 11.9 Å². The number of hydrogen-bond acceptors (Lipinski definition) is 4. The van der Waals surface area contributed by atoms with E-state index in [2.05, 4.69) is 0 Å². The Balaban J connectivity index is 3.78. The Bertz CT molecular complexity index is 248. The number of hydrogen-bond donors (Lipinski definition) is 0. The van der Waals surface area contributed by atoms with Crippen molar-refractivity contribution in [1.82, 2.24) is 0 Å². The summed E-state index contributed by atoms with van der Waals surface area (Å²) in [5, 5.41) is 0. The zero-order valence-corrected chi connectivity index (χ0v) is 13.8. The first-order valence-electron chi connectivity index (χ1n) is 5.93. The third kappa shape index (κ3) is 11.6. The SMILES string of the molecule is C[Si](C)(C)OC(=O)CCCC(=O)O[Si](C)(C)C. The highest BCUT2D eigenvalue weighted by molar-refractivity contribution is 6.71. The highest BCUT2D eigenvalue weighted by atomic mass is 28.4. The summed E-state index contributed by atoms with van der Waals surface area (Å²) in [7, 11) is -3.59. The van der Waals surface area contributed by atoms with Crippen LogP contribution in [0.2, 0.25) is 39.3 Å².